The lowest BCUT2D eigenvalue weighted by atomic mass is 10.2. The maximum atomic E-state index is 13.8. The third-order valence-corrected chi connectivity index (χ3v) is 7.72. The van der Waals surface area contributed by atoms with Gasteiger partial charge in [0.25, 0.3) is 0 Å². The first-order valence-corrected chi connectivity index (χ1v) is 10.9. The zero-order valence-corrected chi connectivity index (χ0v) is 16.2. The van der Waals surface area contributed by atoms with E-state index in [9.17, 15) is 4.57 Å². The van der Waals surface area contributed by atoms with Crippen LogP contribution < -0.4 is 0 Å². The van der Waals surface area contributed by atoms with Crippen molar-refractivity contribution in [2.45, 2.75) is 12.8 Å². The summed E-state index contributed by atoms with van der Waals surface area (Å²) in [4.78, 5) is 0. The van der Waals surface area contributed by atoms with Crippen molar-refractivity contribution < 1.29 is 4.57 Å². The van der Waals surface area contributed by atoms with Crippen LogP contribution in [0.2, 0.25) is 0 Å². The van der Waals surface area contributed by atoms with Crippen LogP contribution in [0.5, 0.6) is 0 Å². The summed E-state index contributed by atoms with van der Waals surface area (Å²) in [6.07, 6.45) is 2.08. The number of hydrogen-bond acceptors (Lipinski definition) is 1. The summed E-state index contributed by atoms with van der Waals surface area (Å²) in [6, 6.07) is 19.2. The molecule has 5 heteroatoms. The van der Waals surface area contributed by atoms with Crippen LogP contribution in [0.25, 0.3) is 10.1 Å². The van der Waals surface area contributed by atoms with E-state index in [1.807, 2.05) is 65.3 Å². The second-order valence-electron chi connectivity index (χ2n) is 6.02. The fourth-order valence-corrected chi connectivity index (χ4v) is 6.23. The SMILES string of the molecule is O=P(/C=C(\Cl)c1ccccc1)(/C=C(/Cl)c1ccccc1)N1CCCC1. The van der Waals surface area contributed by atoms with Crippen molar-refractivity contribution in [1.82, 2.24) is 4.67 Å². The molecule has 2 nitrogen and oxygen atoms in total. The van der Waals surface area contributed by atoms with Gasteiger partial charge in [-0.1, -0.05) is 83.9 Å². The van der Waals surface area contributed by atoms with Gasteiger partial charge in [-0.25, -0.2) is 4.67 Å². The summed E-state index contributed by atoms with van der Waals surface area (Å²) in [5.41, 5.74) is 1.71. The van der Waals surface area contributed by atoms with Crippen LogP contribution in [0, 0.1) is 0 Å². The first-order chi connectivity index (χ1) is 12.1. The van der Waals surface area contributed by atoms with Crippen LogP contribution in [0.1, 0.15) is 24.0 Å². The van der Waals surface area contributed by atoms with Gasteiger partial charge in [-0.15, -0.1) is 0 Å². The number of benzene rings is 2. The minimum absolute atomic E-state index is 0.490. The largest absolute Gasteiger partial charge is 0.297 e. The fraction of sp³-hybridized carbons (Fsp3) is 0.200. The molecule has 1 aliphatic heterocycles. The predicted molar refractivity (Wildman–Crippen MR) is 109 cm³/mol. The average molecular weight is 392 g/mol. The lowest BCUT2D eigenvalue weighted by molar-refractivity contribution is 0.491. The Morgan fingerprint density at radius 2 is 1.20 bits per heavy atom. The van der Waals surface area contributed by atoms with Gasteiger partial charge in [0.15, 0.2) is 7.29 Å². The Bertz CT molecular complexity index is 753. The number of hydrogen-bond donors (Lipinski definition) is 0. The normalized spacial score (nSPS) is 19.0. The van der Waals surface area contributed by atoms with Crippen LogP contribution in [-0.2, 0) is 4.57 Å². The van der Waals surface area contributed by atoms with E-state index < -0.39 is 7.29 Å². The van der Waals surface area contributed by atoms with E-state index in [-0.39, 0.29) is 0 Å². The second kappa shape index (κ2) is 8.38. The van der Waals surface area contributed by atoms with E-state index in [4.69, 9.17) is 23.2 Å². The Balaban J connectivity index is 2.01. The minimum Gasteiger partial charge on any atom is -0.297 e. The van der Waals surface area contributed by atoms with Gasteiger partial charge >= 0.3 is 0 Å². The molecule has 0 bridgehead atoms. The first-order valence-electron chi connectivity index (χ1n) is 8.31. The summed E-state index contributed by atoms with van der Waals surface area (Å²) in [6.45, 7) is 1.59. The van der Waals surface area contributed by atoms with E-state index >= 15 is 0 Å². The molecular formula is C20H20Cl2NOP. The van der Waals surface area contributed by atoms with Crippen LogP contribution >= 0.6 is 30.5 Å². The molecule has 1 atom stereocenters. The molecule has 1 saturated heterocycles. The van der Waals surface area contributed by atoms with Gasteiger partial charge in [-0.05, 0) is 24.0 Å². The molecule has 0 aliphatic carbocycles. The molecule has 2 aromatic rings. The Labute approximate surface area is 159 Å². The lowest BCUT2D eigenvalue weighted by Crippen LogP contribution is -2.13. The zero-order chi connectivity index (χ0) is 17.7. The van der Waals surface area contributed by atoms with E-state index in [1.165, 1.54) is 0 Å². The van der Waals surface area contributed by atoms with Gasteiger partial charge in [-0.3, -0.25) is 4.57 Å². The lowest BCUT2D eigenvalue weighted by Gasteiger charge is -2.23. The van der Waals surface area contributed by atoms with Gasteiger partial charge in [-0.2, -0.15) is 0 Å². The Morgan fingerprint density at radius 3 is 1.60 bits per heavy atom. The first kappa shape index (κ1) is 18.5. The Morgan fingerprint density at radius 1 is 0.800 bits per heavy atom. The molecule has 1 aliphatic rings. The number of halogens is 2. The molecule has 25 heavy (non-hydrogen) atoms. The molecule has 3 rings (SSSR count). The van der Waals surface area contributed by atoms with Crippen molar-refractivity contribution in [3.05, 3.63) is 83.4 Å². The van der Waals surface area contributed by atoms with Crippen LogP contribution in [0.15, 0.2) is 72.3 Å². The second-order valence-corrected chi connectivity index (χ2v) is 9.26. The maximum absolute atomic E-state index is 13.8. The molecule has 2 aromatic carbocycles. The highest BCUT2D eigenvalue weighted by Gasteiger charge is 2.30. The minimum atomic E-state index is -2.96. The average Bonchev–Trinajstić information content (AvgIpc) is 3.18. The van der Waals surface area contributed by atoms with Crippen molar-refractivity contribution in [2.24, 2.45) is 0 Å². The van der Waals surface area contributed by atoms with Crippen LogP contribution in [0.3, 0.4) is 0 Å². The Kier molecular flexibility index (Phi) is 6.19. The molecule has 0 saturated carbocycles. The van der Waals surface area contributed by atoms with E-state index in [2.05, 4.69) is 0 Å². The zero-order valence-electron chi connectivity index (χ0n) is 13.8. The topological polar surface area (TPSA) is 20.3 Å². The summed E-state index contributed by atoms with van der Waals surface area (Å²) in [7, 11) is -2.96. The Hall–Kier alpha value is -1.31. The summed E-state index contributed by atoms with van der Waals surface area (Å²) >= 11 is 13.0. The molecule has 1 unspecified atom stereocenters. The van der Waals surface area contributed by atoms with Gasteiger partial charge in [0.05, 0.1) is 10.1 Å². The molecule has 0 radical (unpaired) electrons. The highest BCUT2D eigenvalue weighted by atomic mass is 35.5. The van der Waals surface area contributed by atoms with Crippen molar-refractivity contribution in [1.29, 1.82) is 0 Å². The highest BCUT2D eigenvalue weighted by Crippen LogP contribution is 2.58. The standard InChI is InChI=1S/C20H20Cl2NOP/c21-19(17-9-3-1-4-10-17)15-25(24,23-13-7-8-14-23)16-20(22)18-11-5-2-6-12-18/h1-6,9-12,15-16H,7-8,13-14H2/b19-15-,20-16+. The molecule has 1 heterocycles. The monoisotopic (exact) mass is 391 g/mol. The molecular weight excluding hydrogens is 372 g/mol. The third-order valence-electron chi connectivity index (χ3n) is 4.22. The summed E-state index contributed by atoms with van der Waals surface area (Å²) in [5, 5.41) is 0.981. The van der Waals surface area contributed by atoms with Crippen molar-refractivity contribution in [2.75, 3.05) is 13.1 Å². The van der Waals surface area contributed by atoms with Crippen LogP contribution in [-0.4, -0.2) is 17.8 Å². The molecule has 0 spiro atoms. The molecule has 130 valence electrons. The van der Waals surface area contributed by atoms with Gasteiger partial charge in [0.1, 0.15) is 0 Å². The van der Waals surface area contributed by atoms with Gasteiger partial charge in [0, 0.05) is 24.7 Å². The number of rotatable bonds is 5. The van der Waals surface area contributed by atoms with E-state index in [0.29, 0.717) is 10.1 Å². The van der Waals surface area contributed by atoms with Gasteiger partial charge < -0.3 is 0 Å². The van der Waals surface area contributed by atoms with Crippen molar-refractivity contribution in [3.63, 3.8) is 0 Å². The summed E-state index contributed by atoms with van der Waals surface area (Å²) < 4.78 is 15.8. The van der Waals surface area contributed by atoms with Gasteiger partial charge in [0.2, 0.25) is 0 Å². The van der Waals surface area contributed by atoms with Crippen LogP contribution in [0.4, 0.5) is 0 Å². The van der Waals surface area contributed by atoms with Crippen molar-refractivity contribution in [3.8, 4) is 0 Å². The van der Waals surface area contributed by atoms with E-state index in [0.717, 1.165) is 37.1 Å². The molecule has 0 N–H and O–H groups in total. The maximum Gasteiger partial charge on any atom is 0.196 e. The number of nitrogens with zero attached hydrogens (tertiary/aromatic N) is 1. The molecule has 0 aromatic heterocycles. The van der Waals surface area contributed by atoms with Crippen molar-refractivity contribution >= 4 is 40.6 Å². The summed E-state index contributed by atoms with van der Waals surface area (Å²) in [5.74, 6) is 3.36. The quantitative estimate of drug-likeness (QED) is 0.520. The fourth-order valence-electron chi connectivity index (χ4n) is 2.88. The molecule has 0 amide bonds. The smallest absolute Gasteiger partial charge is 0.196 e. The predicted octanol–water partition coefficient (Wildman–Crippen LogP) is 6.84. The van der Waals surface area contributed by atoms with E-state index in [1.54, 1.807) is 11.6 Å². The molecule has 1 fully saturated rings. The highest BCUT2D eigenvalue weighted by molar-refractivity contribution is 7.68. The third kappa shape index (κ3) is 4.65.